The van der Waals surface area contributed by atoms with Gasteiger partial charge in [0.1, 0.15) is 18.4 Å². The molecule has 0 radical (unpaired) electrons. The molecule has 1 atom stereocenters. The van der Waals surface area contributed by atoms with Crippen LogP contribution in [0.4, 0.5) is 0 Å². The molecule has 0 fully saturated rings. The summed E-state index contributed by atoms with van der Waals surface area (Å²) in [4.78, 5) is 15.9. The molecule has 3 rings (SSSR count). The molecule has 0 spiro atoms. The molecule has 0 aliphatic rings. The molecule has 0 bridgehead atoms. The predicted molar refractivity (Wildman–Crippen MR) is 78.5 cm³/mol. The number of rotatable bonds is 4. The normalized spacial score (nSPS) is 12.1. The first-order valence-electron chi connectivity index (χ1n) is 6.82. The molecule has 2 heterocycles. The highest BCUT2D eigenvalue weighted by Gasteiger charge is 2.14. The van der Waals surface area contributed by atoms with Crippen molar-refractivity contribution in [3.05, 3.63) is 60.0 Å². The zero-order chi connectivity index (χ0) is 15.5. The van der Waals surface area contributed by atoms with Crippen LogP contribution in [0.2, 0.25) is 0 Å². The minimum Gasteiger partial charge on any atom is -0.361 e. The van der Waals surface area contributed by atoms with Crippen molar-refractivity contribution in [2.45, 2.75) is 19.9 Å². The van der Waals surface area contributed by atoms with Crippen molar-refractivity contribution in [1.29, 1.82) is 0 Å². The summed E-state index contributed by atoms with van der Waals surface area (Å²) >= 11 is 0. The Kier molecular flexibility index (Phi) is 3.69. The van der Waals surface area contributed by atoms with E-state index in [1.165, 1.54) is 6.33 Å². The van der Waals surface area contributed by atoms with E-state index in [0.717, 1.165) is 11.3 Å². The van der Waals surface area contributed by atoms with Crippen LogP contribution in [0.5, 0.6) is 0 Å². The van der Waals surface area contributed by atoms with E-state index in [1.807, 2.05) is 31.2 Å². The van der Waals surface area contributed by atoms with Gasteiger partial charge in [-0.25, -0.2) is 9.67 Å². The highest BCUT2D eigenvalue weighted by atomic mass is 16.5. The van der Waals surface area contributed by atoms with Gasteiger partial charge >= 0.3 is 0 Å². The van der Waals surface area contributed by atoms with Crippen LogP contribution >= 0.6 is 0 Å². The van der Waals surface area contributed by atoms with E-state index in [-0.39, 0.29) is 17.6 Å². The van der Waals surface area contributed by atoms with Gasteiger partial charge in [0.05, 0.1) is 11.7 Å². The lowest BCUT2D eigenvalue weighted by molar-refractivity contribution is 0.0930. The van der Waals surface area contributed by atoms with Crippen LogP contribution in [0.1, 0.15) is 34.8 Å². The van der Waals surface area contributed by atoms with Crippen LogP contribution < -0.4 is 5.32 Å². The van der Waals surface area contributed by atoms with Gasteiger partial charge < -0.3 is 9.84 Å². The van der Waals surface area contributed by atoms with Gasteiger partial charge in [0, 0.05) is 6.07 Å². The van der Waals surface area contributed by atoms with Gasteiger partial charge in [0.2, 0.25) is 0 Å². The van der Waals surface area contributed by atoms with E-state index in [0.29, 0.717) is 5.76 Å². The molecule has 1 aromatic carbocycles. The number of hydrogen-bond donors (Lipinski definition) is 1. The molecular weight excluding hydrogens is 282 g/mol. The van der Waals surface area contributed by atoms with Crippen LogP contribution in [0.3, 0.4) is 0 Å². The van der Waals surface area contributed by atoms with Crippen molar-refractivity contribution in [2.24, 2.45) is 0 Å². The summed E-state index contributed by atoms with van der Waals surface area (Å²) in [5.74, 6) is 0.347. The van der Waals surface area contributed by atoms with Gasteiger partial charge in [-0.05, 0) is 31.5 Å². The van der Waals surface area contributed by atoms with Crippen LogP contribution in [0.15, 0.2) is 47.5 Å². The lowest BCUT2D eigenvalue weighted by atomic mass is 10.1. The first kappa shape index (κ1) is 14.0. The molecule has 1 N–H and O–H groups in total. The smallest absolute Gasteiger partial charge is 0.273 e. The molecule has 7 heteroatoms. The monoisotopic (exact) mass is 297 g/mol. The molecule has 0 aliphatic heterocycles. The Labute approximate surface area is 127 Å². The van der Waals surface area contributed by atoms with Crippen LogP contribution in [0.25, 0.3) is 5.69 Å². The van der Waals surface area contributed by atoms with Gasteiger partial charge in [0.25, 0.3) is 5.91 Å². The maximum absolute atomic E-state index is 12.0. The number of nitrogens with zero attached hydrogens (tertiary/aromatic N) is 4. The Morgan fingerprint density at radius 3 is 2.68 bits per heavy atom. The summed E-state index contributed by atoms with van der Waals surface area (Å²) in [6.45, 7) is 3.66. The number of carbonyl (C=O) groups is 1. The number of carbonyl (C=O) groups excluding carboxylic acids is 1. The van der Waals surface area contributed by atoms with Crippen molar-refractivity contribution >= 4 is 5.91 Å². The van der Waals surface area contributed by atoms with Gasteiger partial charge in [0.15, 0.2) is 5.69 Å². The number of aryl methyl sites for hydroxylation is 1. The maximum atomic E-state index is 12.0. The topological polar surface area (TPSA) is 85.8 Å². The zero-order valence-corrected chi connectivity index (χ0v) is 12.2. The first-order chi connectivity index (χ1) is 10.6. The minimum atomic E-state index is -0.260. The SMILES string of the molecule is Cc1cc(C(=O)NC(C)c2ccc(-n3cncn3)cc2)no1. The molecule has 1 unspecified atom stereocenters. The molecular formula is C15H15N5O2. The van der Waals surface area contributed by atoms with Crippen LogP contribution in [-0.4, -0.2) is 25.8 Å². The third-order valence-corrected chi connectivity index (χ3v) is 3.28. The molecule has 3 aromatic rings. The molecule has 112 valence electrons. The Hall–Kier alpha value is -2.96. The highest BCUT2D eigenvalue weighted by molar-refractivity contribution is 5.92. The van der Waals surface area contributed by atoms with E-state index in [9.17, 15) is 4.79 Å². The molecule has 0 aliphatic carbocycles. The summed E-state index contributed by atoms with van der Waals surface area (Å²) in [6.07, 6.45) is 3.11. The molecule has 1 amide bonds. The predicted octanol–water partition coefficient (Wildman–Crippen LogP) is 2.05. The number of nitrogens with one attached hydrogen (secondary N) is 1. The lowest BCUT2D eigenvalue weighted by Gasteiger charge is -2.13. The Morgan fingerprint density at radius 1 is 1.32 bits per heavy atom. The molecule has 22 heavy (non-hydrogen) atoms. The van der Waals surface area contributed by atoms with Gasteiger partial charge in [-0.1, -0.05) is 17.3 Å². The third-order valence-electron chi connectivity index (χ3n) is 3.28. The maximum Gasteiger partial charge on any atom is 0.273 e. The summed E-state index contributed by atoms with van der Waals surface area (Å²) in [6, 6.07) is 9.19. The molecule has 0 saturated heterocycles. The van der Waals surface area contributed by atoms with Crippen LogP contribution in [-0.2, 0) is 0 Å². The van der Waals surface area contributed by atoms with E-state index in [4.69, 9.17) is 4.52 Å². The van der Waals surface area contributed by atoms with Gasteiger partial charge in [-0.2, -0.15) is 5.10 Å². The minimum absolute atomic E-state index is 0.144. The zero-order valence-electron chi connectivity index (χ0n) is 12.2. The number of amides is 1. The van der Waals surface area contributed by atoms with Crippen molar-refractivity contribution in [3.63, 3.8) is 0 Å². The molecule has 0 saturated carbocycles. The second-order valence-electron chi connectivity index (χ2n) is 4.95. The van der Waals surface area contributed by atoms with Crippen molar-refractivity contribution in [3.8, 4) is 5.69 Å². The number of benzene rings is 1. The van der Waals surface area contributed by atoms with E-state index >= 15 is 0 Å². The second-order valence-corrected chi connectivity index (χ2v) is 4.95. The highest BCUT2D eigenvalue weighted by Crippen LogP contribution is 2.16. The van der Waals surface area contributed by atoms with Crippen LogP contribution in [0, 0.1) is 6.92 Å². The Bertz CT molecular complexity index is 762. The average Bonchev–Trinajstić information content (AvgIpc) is 3.18. The number of hydrogen-bond acceptors (Lipinski definition) is 5. The summed E-state index contributed by atoms with van der Waals surface area (Å²) < 4.78 is 6.58. The second kappa shape index (κ2) is 5.80. The summed E-state index contributed by atoms with van der Waals surface area (Å²) in [7, 11) is 0. The van der Waals surface area contributed by atoms with Crippen molar-refractivity contribution < 1.29 is 9.32 Å². The Morgan fingerprint density at radius 2 is 2.09 bits per heavy atom. The van der Waals surface area contributed by atoms with Gasteiger partial charge in [-0.15, -0.1) is 0 Å². The molecule has 2 aromatic heterocycles. The largest absolute Gasteiger partial charge is 0.361 e. The lowest BCUT2D eigenvalue weighted by Crippen LogP contribution is -2.26. The van der Waals surface area contributed by atoms with Gasteiger partial charge in [-0.3, -0.25) is 4.79 Å². The fraction of sp³-hybridized carbons (Fsp3) is 0.200. The molecule has 7 nitrogen and oxygen atoms in total. The Balaban J connectivity index is 1.69. The average molecular weight is 297 g/mol. The fourth-order valence-electron chi connectivity index (χ4n) is 2.08. The summed E-state index contributed by atoms with van der Waals surface area (Å²) in [5.41, 5.74) is 2.17. The van der Waals surface area contributed by atoms with Crippen molar-refractivity contribution in [1.82, 2.24) is 25.2 Å². The van der Waals surface area contributed by atoms with E-state index in [1.54, 1.807) is 24.0 Å². The fourth-order valence-corrected chi connectivity index (χ4v) is 2.08. The van der Waals surface area contributed by atoms with E-state index < -0.39 is 0 Å². The van der Waals surface area contributed by atoms with Crippen molar-refractivity contribution in [2.75, 3.05) is 0 Å². The summed E-state index contributed by atoms with van der Waals surface area (Å²) in [5, 5.41) is 10.7. The third kappa shape index (κ3) is 2.88. The standard InChI is InChI=1S/C15H15N5O2/c1-10-7-14(19-22-10)15(21)18-11(2)12-3-5-13(6-4-12)20-9-16-8-17-20/h3-9,11H,1-2H3,(H,18,21). The van der Waals surface area contributed by atoms with E-state index in [2.05, 4.69) is 20.6 Å². The first-order valence-corrected chi connectivity index (χ1v) is 6.82. The quantitative estimate of drug-likeness (QED) is 0.796. The number of aromatic nitrogens is 4.